The third kappa shape index (κ3) is 6.12. The molecule has 0 spiro atoms. The standard InChI is InChI=1S/C9H16N2O2/c1-3-8(4-6-10)11-9(12)5-7-13-2/h8H,3-5,7H2,1-2H3,(H,11,12). The highest BCUT2D eigenvalue weighted by atomic mass is 16.5. The van der Waals surface area contributed by atoms with Crippen LogP contribution in [0.25, 0.3) is 0 Å². The van der Waals surface area contributed by atoms with Crippen molar-refractivity contribution < 1.29 is 9.53 Å². The second-order valence-corrected chi connectivity index (χ2v) is 2.78. The number of carbonyl (C=O) groups excluding carboxylic acids is 1. The van der Waals surface area contributed by atoms with Crippen molar-refractivity contribution in [2.45, 2.75) is 32.2 Å². The van der Waals surface area contributed by atoms with E-state index in [0.29, 0.717) is 19.4 Å². The van der Waals surface area contributed by atoms with Gasteiger partial charge >= 0.3 is 0 Å². The quantitative estimate of drug-likeness (QED) is 0.665. The molecule has 1 atom stereocenters. The maximum atomic E-state index is 11.1. The minimum absolute atomic E-state index is 0.0191. The largest absolute Gasteiger partial charge is 0.384 e. The molecule has 0 aromatic heterocycles. The first-order valence-electron chi connectivity index (χ1n) is 4.39. The Labute approximate surface area is 78.9 Å². The summed E-state index contributed by atoms with van der Waals surface area (Å²) in [4.78, 5) is 11.1. The first-order chi connectivity index (χ1) is 6.24. The molecule has 13 heavy (non-hydrogen) atoms. The van der Waals surface area contributed by atoms with Crippen LogP contribution in [0.5, 0.6) is 0 Å². The van der Waals surface area contributed by atoms with Crippen LogP contribution in [0.3, 0.4) is 0 Å². The number of amides is 1. The normalized spacial score (nSPS) is 11.8. The Hall–Kier alpha value is -1.08. The highest BCUT2D eigenvalue weighted by Gasteiger charge is 2.08. The van der Waals surface area contributed by atoms with E-state index >= 15 is 0 Å². The predicted octanol–water partition coefficient (Wildman–Crippen LogP) is 0.831. The highest BCUT2D eigenvalue weighted by Crippen LogP contribution is 1.96. The van der Waals surface area contributed by atoms with Crippen molar-refractivity contribution in [1.29, 1.82) is 5.26 Å². The molecule has 1 unspecified atom stereocenters. The minimum Gasteiger partial charge on any atom is -0.384 e. The summed E-state index contributed by atoms with van der Waals surface area (Å²) < 4.78 is 4.76. The Kier molecular flexibility index (Phi) is 6.93. The van der Waals surface area contributed by atoms with Gasteiger partial charge in [-0.15, -0.1) is 0 Å². The van der Waals surface area contributed by atoms with Crippen LogP contribution in [0.1, 0.15) is 26.2 Å². The molecule has 0 bridgehead atoms. The number of nitrogens with zero attached hydrogens (tertiary/aromatic N) is 1. The van der Waals surface area contributed by atoms with E-state index in [1.165, 1.54) is 0 Å². The summed E-state index contributed by atoms with van der Waals surface area (Å²) in [6.45, 7) is 2.37. The predicted molar refractivity (Wildman–Crippen MR) is 48.9 cm³/mol. The molecule has 0 rings (SSSR count). The molecule has 0 radical (unpaired) electrons. The van der Waals surface area contributed by atoms with E-state index in [4.69, 9.17) is 10.00 Å². The second-order valence-electron chi connectivity index (χ2n) is 2.78. The van der Waals surface area contributed by atoms with E-state index in [1.807, 2.05) is 13.0 Å². The van der Waals surface area contributed by atoms with Crippen molar-refractivity contribution in [3.63, 3.8) is 0 Å². The first kappa shape index (κ1) is 11.9. The van der Waals surface area contributed by atoms with Gasteiger partial charge in [0.2, 0.25) is 5.91 Å². The number of ether oxygens (including phenoxy) is 1. The lowest BCUT2D eigenvalue weighted by Gasteiger charge is -2.12. The number of hydrogen-bond donors (Lipinski definition) is 1. The van der Waals surface area contributed by atoms with Gasteiger partial charge in [-0.2, -0.15) is 5.26 Å². The van der Waals surface area contributed by atoms with Gasteiger partial charge in [0.25, 0.3) is 0 Å². The Morgan fingerprint density at radius 3 is 2.85 bits per heavy atom. The monoisotopic (exact) mass is 184 g/mol. The summed E-state index contributed by atoms with van der Waals surface area (Å²) in [5.41, 5.74) is 0. The molecule has 0 saturated carbocycles. The fourth-order valence-corrected chi connectivity index (χ4v) is 0.902. The maximum absolute atomic E-state index is 11.1. The highest BCUT2D eigenvalue weighted by molar-refractivity contribution is 5.76. The van der Waals surface area contributed by atoms with Gasteiger partial charge in [-0.25, -0.2) is 0 Å². The lowest BCUT2D eigenvalue weighted by atomic mass is 10.1. The van der Waals surface area contributed by atoms with E-state index in [-0.39, 0.29) is 11.9 Å². The molecule has 0 aromatic carbocycles. The zero-order valence-corrected chi connectivity index (χ0v) is 8.17. The van der Waals surface area contributed by atoms with Gasteiger partial charge in [-0.05, 0) is 6.42 Å². The fraction of sp³-hybridized carbons (Fsp3) is 0.778. The summed E-state index contributed by atoms with van der Waals surface area (Å²) in [5.74, 6) is -0.0519. The number of nitriles is 1. The van der Waals surface area contributed by atoms with Crippen LogP contribution in [0, 0.1) is 11.3 Å². The third-order valence-corrected chi connectivity index (χ3v) is 1.73. The van der Waals surface area contributed by atoms with E-state index in [2.05, 4.69) is 5.32 Å². The van der Waals surface area contributed by atoms with Crippen LogP contribution >= 0.6 is 0 Å². The van der Waals surface area contributed by atoms with E-state index < -0.39 is 0 Å². The smallest absolute Gasteiger partial charge is 0.222 e. The summed E-state index contributed by atoms with van der Waals surface area (Å²) in [5, 5.41) is 11.2. The van der Waals surface area contributed by atoms with Gasteiger partial charge in [-0.1, -0.05) is 6.92 Å². The van der Waals surface area contributed by atoms with Gasteiger partial charge in [-0.3, -0.25) is 4.79 Å². The molecular formula is C9H16N2O2. The average Bonchev–Trinajstić information content (AvgIpc) is 2.14. The molecule has 0 aliphatic rings. The summed E-state index contributed by atoms with van der Waals surface area (Å²) >= 11 is 0. The van der Waals surface area contributed by atoms with Crippen LogP contribution in [-0.4, -0.2) is 25.7 Å². The first-order valence-corrected chi connectivity index (χ1v) is 4.39. The SMILES string of the molecule is CCC(CC#N)NC(=O)CCOC. The van der Waals surface area contributed by atoms with Crippen molar-refractivity contribution in [3.8, 4) is 6.07 Å². The molecule has 1 amide bonds. The maximum Gasteiger partial charge on any atom is 0.222 e. The Balaban J connectivity index is 3.67. The van der Waals surface area contributed by atoms with E-state index in [0.717, 1.165) is 6.42 Å². The van der Waals surface area contributed by atoms with Crippen LogP contribution in [-0.2, 0) is 9.53 Å². The van der Waals surface area contributed by atoms with Gasteiger partial charge in [0.1, 0.15) is 0 Å². The topological polar surface area (TPSA) is 62.1 Å². The lowest BCUT2D eigenvalue weighted by Crippen LogP contribution is -2.34. The summed E-state index contributed by atoms with van der Waals surface area (Å²) in [6, 6.07) is 2.02. The molecular weight excluding hydrogens is 168 g/mol. The number of nitrogens with one attached hydrogen (secondary N) is 1. The number of rotatable bonds is 6. The second kappa shape index (κ2) is 7.56. The summed E-state index contributed by atoms with van der Waals surface area (Å²) in [6.07, 6.45) is 1.51. The Bertz CT molecular complexity index is 187. The molecule has 0 aliphatic carbocycles. The molecule has 0 heterocycles. The molecule has 74 valence electrons. The van der Waals surface area contributed by atoms with Crippen molar-refractivity contribution >= 4 is 5.91 Å². The van der Waals surface area contributed by atoms with Crippen molar-refractivity contribution in [2.24, 2.45) is 0 Å². The average molecular weight is 184 g/mol. The molecule has 0 fully saturated rings. The molecule has 1 N–H and O–H groups in total. The minimum atomic E-state index is -0.0519. The van der Waals surface area contributed by atoms with Crippen molar-refractivity contribution in [3.05, 3.63) is 0 Å². The van der Waals surface area contributed by atoms with Gasteiger partial charge in [0, 0.05) is 19.6 Å². The molecule has 4 nitrogen and oxygen atoms in total. The third-order valence-electron chi connectivity index (χ3n) is 1.73. The Morgan fingerprint density at radius 2 is 2.38 bits per heavy atom. The van der Waals surface area contributed by atoms with Crippen LogP contribution in [0.4, 0.5) is 0 Å². The van der Waals surface area contributed by atoms with Crippen LogP contribution < -0.4 is 5.32 Å². The summed E-state index contributed by atoms with van der Waals surface area (Å²) in [7, 11) is 1.56. The molecule has 0 aromatic rings. The zero-order chi connectivity index (χ0) is 10.1. The van der Waals surface area contributed by atoms with Crippen molar-refractivity contribution in [2.75, 3.05) is 13.7 Å². The van der Waals surface area contributed by atoms with Gasteiger partial charge < -0.3 is 10.1 Å². The van der Waals surface area contributed by atoms with Crippen LogP contribution in [0.2, 0.25) is 0 Å². The van der Waals surface area contributed by atoms with E-state index in [1.54, 1.807) is 7.11 Å². The Morgan fingerprint density at radius 1 is 1.69 bits per heavy atom. The number of methoxy groups -OCH3 is 1. The van der Waals surface area contributed by atoms with E-state index in [9.17, 15) is 4.79 Å². The molecule has 0 saturated heterocycles. The number of carbonyl (C=O) groups is 1. The van der Waals surface area contributed by atoms with Crippen molar-refractivity contribution in [1.82, 2.24) is 5.32 Å². The molecule has 0 aliphatic heterocycles. The molecule has 4 heteroatoms. The number of hydrogen-bond acceptors (Lipinski definition) is 3. The zero-order valence-electron chi connectivity index (χ0n) is 8.17. The van der Waals surface area contributed by atoms with Gasteiger partial charge in [0.15, 0.2) is 0 Å². The van der Waals surface area contributed by atoms with Crippen LogP contribution in [0.15, 0.2) is 0 Å². The fourth-order valence-electron chi connectivity index (χ4n) is 0.902. The van der Waals surface area contributed by atoms with Gasteiger partial charge in [0.05, 0.1) is 19.1 Å². The lowest BCUT2D eigenvalue weighted by molar-refractivity contribution is -0.122.